The first-order valence-corrected chi connectivity index (χ1v) is 7.51. The highest BCUT2D eigenvalue weighted by Gasteiger charge is 2.19. The number of hydrogen-bond acceptors (Lipinski definition) is 2. The van der Waals surface area contributed by atoms with E-state index < -0.39 is 0 Å². The second-order valence-corrected chi connectivity index (χ2v) is 5.66. The van der Waals surface area contributed by atoms with Crippen LogP contribution in [0.5, 0.6) is 0 Å². The van der Waals surface area contributed by atoms with Crippen LogP contribution in [0.2, 0.25) is 0 Å². The van der Waals surface area contributed by atoms with Crippen molar-refractivity contribution in [3.05, 3.63) is 63.6 Å². The summed E-state index contributed by atoms with van der Waals surface area (Å²) in [6.07, 6.45) is 3.88. The maximum atomic E-state index is 14.1. The molecule has 1 atom stereocenters. The van der Waals surface area contributed by atoms with Crippen LogP contribution in [0.4, 0.5) is 4.39 Å². The van der Waals surface area contributed by atoms with Gasteiger partial charge in [0.25, 0.3) is 0 Å². The first-order chi connectivity index (χ1) is 9.63. The number of benzene rings is 1. The van der Waals surface area contributed by atoms with Gasteiger partial charge in [0.05, 0.1) is 12.2 Å². The van der Waals surface area contributed by atoms with Gasteiger partial charge < -0.3 is 5.32 Å². The molecule has 0 amide bonds. The van der Waals surface area contributed by atoms with E-state index in [0.29, 0.717) is 5.56 Å². The fraction of sp³-hybridized carbons (Fsp3) is 0.312. The molecule has 20 heavy (non-hydrogen) atoms. The summed E-state index contributed by atoms with van der Waals surface area (Å²) in [5.74, 6) is -0.283. The summed E-state index contributed by atoms with van der Waals surface area (Å²) in [5, 5.41) is 3.41. The van der Waals surface area contributed by atoms with Gasteiger partial charge in [-0.2, -0.15) is 0 Å². The molecule has 0 aliphatic heterocycles. The van der Waals surface area contributed by atoms with E-state index in [0.717, 1.165) is 28.6 Å². The second-order valence-electron chi connectivity index (χ2n) is 4.81. The summed E-state index contributed by atoms with van der Waals surface area (Å²) >= 11 is 3.57. The average Bonchev–Trinajstić information content (AvgIpc) is 2.44. The number of hydrogen-bond donors (Lipinski definition) is 1. The van der Waals surface area contributed by atoms with Crippen LogP contribution in [-0.4, -0.2) is 11.5 Å². The molecular weight excluding hydrogens is 319 g/mol. The van der Waals surface area contributed by atoms with Crippen molar-refractivity contribution >= 4 is 15.9 Å². The molecule has 0 spiro atoms. The van der Waals surface area contributed by atoms with E-state index in [-0.39, 0.29) is 11.9 Å². The molecule has 2 rings (SSSR count). The smallest absolute Gasteiger partial charge is 0.146 e. The van der Waals surface area contributed by atoms with Crippen molar-refractivity contribution in [2.24, 2.45) is 0 Å². The van der Waals surface area contributed by atoms with Gasteiger partial charge in [0.1, 0.15) is 5.82 Å². The Labute approximate surface area is 127 Å². The largest absolute Gasteiger partial charge is 0.306 e. The Bertz CT molecular complexity index is 586. The molecule has 4 heteroatoms. The number of aryl methyl sites for hydroxylation is 1. The summed E-state index contributed by atoms with van der Waals surface area (Å²) in [7, 11) is 0. The highest BCUT2D eigenvalue weighted by atomic mass is 79.9. The fourth-order valence-corrected chi connectivity index (χ4v) is 2.66. The van der Waals surface area contributed by atoms with Crippen molar-refractivity contribution in [1.29, 1.82) is 0 Å². The lowest BCUT2D eigenvalue weighted by atomic mass is 9.97. The lowest BCUT2D eigenvalue weighted by molar-refractivity contribution is 0.542. The van der Waals surface area contributed by atoms with Gasteiger partial charge in [-0.1, -0.05) is 40.5 Å². The fourth-order valence-electron chi connectivity index (χ4n) is 2.18. The van der Waals surface area contributed by atoms with Crippen LogP contribution in [-0.2, 0) is 0 Å². The van der Waals surface area contributed by atoms with Crippen molar-refractivity contribution in [1.82, 2.24) is 10.3 Å². The molecular formula is C16H18BrFN2. The van der Waals surface area contributed by atoms with Crippen molar-refractivity contribution in [2.45, 2.75) is 26.3 Å². The van der Waals surface area contributed by atoms with Crippen LogP contribution >= 0.6 is 15.9 Å². The maximum absolute atomic E-state index is 14.1. The monoisotopic (exact) mass is 336 g/mol. The Morgan fingerprint density at radius 1 is 1.30 bits per heavy atom. The van der Waals surface area contributed by atoms with Gasteiger partial charge in [-0.25, -0.2) is 4.39 Å². The lowest BCUT2D eigenvalue weighted by Gasteiger charge is -2.21. The summed E-state index contributed by atoms with van der Waals surface area (Å²) in [6.45, 7) is 4.96. The second kappa shape index (κ2) is 6.95. The molecule has 0 bridgehead atoms. The average molecular weight is 337 g/mol. The first-order valence-electron chi connectivity index (χ1n) is 6.72. The van der Waals surface area contributed by atoms with E-state index in [4.69, 9.17) is 0 Å². The van der Waals surface area contributed by atoms with Crippen LogP contribution in [0.3, 0.4) is 0 Å². The van der Waals surface area contributed by atoms with Gasteiger partial charge in [0, 0.05) is 16.2 Å². The number of halogens is 2. The number of nitrogens with one attached hydrogen (secondary N) is 1. The molecule has 0 aliphatic rings. The highest BCUT2D eigenvalue weighted by Crippen LogP contribution is 2.30. The lowest BCUT2D eigenvalue weighted by Crippen LogP contribution is -2.24. The van der Waals surface area contributed by atoms with E-state index in [1.165, 1.54) is 6.20 Å². The van der Waals surface area contributed by atoms with Gasteiger partial charge >= 0.3 is 0 Å². The van der Waals surface area contributed by atoms with Gasteiger partial charge in [-0.3, -0.25) is 4.98 Å². The quantitative estimate of drug-likeness (QED) is 0.876. The van der Waals surface area contributed by atoms with Crippen molar-refractivity contribution in [3.63, 3.8) is 0 Å². The van der Waals surface area contributed by atoms with Crippen LogP contribution in [0.15, 0.2) is 41.1 Å². The third-order valence-electron chi connectivity index (χ3n) is 3.18. The minimum Gasteiger partial charge on any atom is -0.306 e. The minimum absolute atomic E-state index is 0.174. The van der Waals surface area contributed by atoms with E-state index in [1.807, 2.05) is 19.1 Å². The minimum atomic E-state index is -0.283. The third-order valence-corrected chi connectivity index (χ3v) is 3.90. The van der Waals surface area contributed by atoms with Gasteiger partial charge in [-0.05, 0) is 37.6 Å². The molecule has 1 aromatic carbocycles. The van der Waals surface area contributed by atoms with Gasteiger partial charge in [-0.15, -0.1) is 0 Å². The summed E-state index contributed by atoms with van der Waals surface area (Å²) in [6, 6.07) is 7.68. The standard InChI is InChI=1S/C16H18BrFN2/c1-3-7-20-16(12-6-8-19-10-15(12)18)13-9-11(2)4-5-14(13)17/h4-6,8-10,16,20H,3,7H2,1-2H3. The Morgan fingerprint density at radius 3 is 2.80 bits per heavy atom. The molecule has 0 radical (unpaired) electrons. The van der Waals surface area contributed by atoms with Crippen molar-refractivity contribution in [2.75, 3.05) is 6.54 Å². The molecule has 0 saturated carbocycles. The Kier molecular flexibility index (Phi) is 5.26. The maximum Gasteiger partial charge on any atom is 0.146 e. The third kappa shape index (κ3) is 3.44. The zero-order chi connectivity index (χ0) is 14.5. The van der Waals surface area contributed by atoms with Crippen molar-refractivity contribution < 1.29 is 4.39 Å². The topological polar surface area (TPSA) is 24.9 Å². The summed E-state index contributed by atoms with van der Waals surface area (Å²) < 4.78 is 15.0. The van der Waals surface area contributed by atoms with Crippen molar-refractivity contribution in [3.8, 4) is 0 Å². The van der Waals surface area contributed by atoms with Crippen LogP contribution in [0.25, 0.3) is 0 Å². The zero-order valence-electron chi connectivity index (χ0n) is 11.7. The SMILES string of the molecule is CCCNC(c1ccncc1F)c1cc(C)ccc1Br. The van der Waals surface area contributed by atoms with E-state index in [1.54, 1.807) is 12.3 Å². The van der Waals surface area contributed by atoms with E-state index in [9.17, 15) is 4.39 Å². The molecule has 1 aromatic heterocycles. The van der Waals surface area contributed by atoms with Crippen LogP contribution < -0.4 is 5.32 Å². The zero-order valence-corrected chi connectivity index (χ0v) is 13.2. The Morgan fingerprint density at radius 2 is 2.10 bits per heavy atom. The molecule has 0 saturated heterocycles. The first kappa shape index (κ1) is 15.1. The Hall–Kier alpha value is -1.26. The summed E-state index contributed by atoms with van der Waals surface area (Å²) in [5.41, 5.74) is 2.82. The molecule has 0 aliphatic carbocycles. The van der Waals surface area contributed by atoms with Gasteiger partial charge in [0.15, 0.2) is 0 Å². The molecule has 1 heterocycles. The predicted octanol–water partition coefficient (Wildman–Crippen LogP) is 4.38. The van der Waals surface area contributed by atoms with Crippen LogP contribution in [0.1, 0.15) is 36.1 Å². The molecule has 106 valence electrons. The van der Waals surface area contributed by atoms with E-state index >= 15 is 0 Å². The van der Waals surface area contributed by atoms with E-state index in [2.05, 4.69) is 39.2 Å². The Balaban J connectivity index is 2.47. The number of nitrogens with zero attached hydrogens (tertiary/aromatic N) is 1. The molecule has 1 N–H and O–H groups in total. The molecule has 0 fully saturated rings. The molecule has 2 nitrogen and oxygen atoms in total. The molecule has 2 aromatic rings. The number of aromatic nitrogens is 1. The van der Waals surface area contributed by atoms with Gasteiger partial charge in [0.2, 0.25) is 0 Å². The predicted molar refractivity (Wildman–Crippen MR) is 83.2 cm³/mol. The summed E-state index contributed by atoms with van der Waals surface area (Å²) in [4.78, 5) is 3.83. The number of pyridine rings is 1. The molecule has 1 unspecified atom stereocenters. The number of rotatable bonds is 5. The van der Waals surface area contributed by atoms with Crippen LogP contribution in [0, 0.1) is 12.7 Å². The highest BCUT2D eigenvalue weighted by molar-refractivity contribution is 9.10. The normalized spacial score (nSPS) is 12.4.